The molecule has 2 rings (SSSR count). The van der Waals surface area contributed by atoms with Crippen molar-refractivity contribution in [3.63, 3.8) is 0 Å². The largest absolute Gasteiger partial charge is 0.497 e. The lowest BCUT2D eigenvalue weighted by Gasteiger charge is -2.04. The molecule has 0 aliphatic heterocycles. The molecule has 0 heterocycles. The average molecular weight is 361 g/mol. The molecular formula is C19H21BrO2. The molecule has 0 aliphatic carbocycles. The van der Waals surface area contributed by atoms with Crippen LogP contribution >= 0.6 is 15.9 Å². The molecule has 0 fully saturated rings. The smallest absolute Gasteiger partial charge is 0.133 e. The number of halogens is 1. The Morgan fingerprint density at radius 2 is 1.50 bits per heavy atom. The minimum absolute atomic E-state index is 0.341. The third-order valence-corrected chi connectivity index (χ3v) is 4.21. The van der Waals surface area contributed by atoms with E-state index in [1.165, 1.54) is 11.1 Å². The molecule has 0 aliphatic rings. The fraction of sp³-hybridized carbons (Fsp3) is 0.316. The van der Waals surface area contributed by atoms with Crippen LogP contribution in [-0.2, 0) is 17.6 Å². The molecule has 2 aromatic carbocycles. The summed E-state index contributed by atoms with van der Waals surface area (Å²) in [5.41, 5.74) is 2.47. The van der Waals surface area contributed by atoms with Gasteiger partial charge in [-0.25, -0.2) is 0 Å². The summed E-state index contributed by atoms with van der Waals surface area (Å²) in [6.45, 7) is 0. The standard InChI is InChI=1S/C19H21BrO2/c1-22-19-13-8-16(9-14-19)7-12-18(21)4-2-3-15-5-10-17(20)11-6-15/h5-6,8-11,13-14H,2-4,7,12H2,1H3. The third kappa shape index (κ3) is 5.64. The van der Waals surface area contributed by atoms with Crippen LogP contribution in [-0.4, -0.2) is 12.9 Å². The van der Waals surface area contributed by atoms with Crippen LogP contribution in [0.4, 0.5) is 0 Å². The van der Waals surface area contributed by atoms with Gasteiger partial charge in [-0.3, -0.25) is 4.79 Å². The molecule has 0 aromatic heterocycles. The van der Waals surface area contributed by atoms with Gasteiger partial charge in [-0.05, 0) is 54.7 Å². The first-order valence-electron chi connectivity index (χ1n) is 7.56. The average Bonchev–Trinajstić information content (AvgIpc) is 2.55. The van der Waals surface area contributed by atoms with Gasteiger partial charge in [0.2, 0.25) is 0 Å². The highest BCUT2D eigenvalue weighted by atomic mass is 79.9. The van der Waals surface area contributed by atoms with Crippen LogP contribution in [0.15, 0.2) is 53.0 Å². The highest BCUT2D eigenvalue weighted by Crippen LogP contribution is 2.15. The summed E-state index contributed by atoms with van der Waals surface area (Å²) in [6.07, 6.45) is 3.96. The van der Waals surface area contributed by atoms with E-state index in [0.29, 0.717) is 18.6 Å². The molecule has 0 saturated carbocycles. The van der Waals surface area contributed by atoms with Crippen molar-refractivity contribution in [2.45, 2.75) is 32.1 Å². The lowest BCUT2D eigenvalue weighted by molar-refractivity contribution is -0.119. The van der Waals surface area contributed by atoms with Crippen molar-refractivity contribution in [1.82, 2.24) is 0 Å². The van der Waals surface area contributed by atoms with Gasteiger partial charge in [-0.15, -0.1) is 0 Å². The molecule has 0 amide bonds. The van der Waals surface area contributed by atoms with Crippen molar-refractivity contribution < 1.29 is 9.53 Å². The summed E-state index contributed by atoms with van der Waals surface area (Å²) in [4.78, 5) is 12.0. The number of Topliss-reactive ketones (excluding diaryl/α,β-unsaturated/α-hetero) is 1. The highest BCUT2D eigenvalue weighted by Gasteiger charge is 2.04. The Labute approximate surface area is 140 Å². The van der Waals surface area contributed by atoms with Crippen LogP contribution in [0.3, 0.4) is 0 Å². The Kier molecular flexibility index (Phi) is 6.66. The maximum atomic E-state index is 12.0. The Balaban J connectivity index is 1.68. The number of carbonyl (C=O) groups excluding carboxylic acids is 1. The third-order valence-electron chi connectivity index (χ3n) is 3.69. The van der Waals surface area contributed by atoms with Crippen molar-refractivity contribution in [2.24, 2.45) is 0 Å². The Hall–Kier alpha value is -1.61. The molecule has 2 nitrogen and oxygen atoms in total. The Bertz CT molecular complexity index is 588. The van der Waals surface area contributed by atoms with Gasteiger partial charge in [0.05, 0.1) is 7.11 Å². The number of benzene rings is 2. The zero-order valence-corrected chi connectivity index (χ0v) is 14.4. The fourth-order valence-electron chi connectivity index (χ4n) is 2.34. The zero-order chi connectivity index (χ0) is 15.8. The lowest BCUT2D eigenvalue weighted by atomic mass is 10.0. The molecule has 0 atom stereocenters. The maximum absolute atomic E-state index is 12.0. The Morgan fingerprint density at radius 1 is 0.909 bits per heavy atom. The lowest BCUT2D eigenvalue weighted by Crippen LogP contribution is -2.01. The highest BCUT2D eigenvalue weighted by molar-refractivity contribution is 9.10. The summed E-state index contributed by atoms with van der Waals surface area (Å²) in [5, 5.41) is 0. The second-order valence-corrected chi connectivity index (χ2v) is 6.28. The van der Waals surface area contributed by atoms with E-state index >= 15 is 0 Å². The maximum Gasteiger partial charge on any atom is 0.133 e. The van der Waals surface area contributed by atoms with Gasteiger partial charge in [0, 0.05) is 17.3 Å². The van der Waals surface area contributed by atoms with Crippen LogP contribution in [0.1, 0.15) is 30.4 Å². The quantitative estimate of drug-likeness (QED) is 0.663. The van der Waals surface area contributed by atoms with E-state index in [1.54, 1.807) is 7.11 Å². The van der Waals surface area contributed by atoms with Crippen LogP contribution < -0.4 is 4.74 Å². The van der Waals surface area contributed by atoms with Gasteiger partial charge in [0.25, 0.3) is 0 Å². The Morgan fingerprint density at radius 3 is 2.14 bits per heavy atom. The van der Waals surface area contributed by atoms with E-state index < -0.39 is 0 Å². The van der Waals surface area contributed by atoms with Gasteiger partial charge < -0.3 is 4.74 Å². The van der Waals surface area contributed by atoms with Crippen molar-refractivity contribution in [3.8, 4) is 5.75 Å². The number of carbonyl (C=O) groups is 1. The minimum Gasteiger partial charge on any atom is -0.497 e. The summed E-state index contributed by atoms with van der Waals surface area (Å²) >= 11 is 3.43. The number of ether oxygens (including phenoxy) is 1. The monoisotopic (exact) mass is 360 g/mol. The van der Waals surface area contributed by atoms with Gasteiger partial charge in [0.1, 0.15) is 11.5 Å². The molecule has 0 bridgehead atoms. The number of methoxy groups -OCH3 is 1. The molecule has 0 saturated heterocycles. The molecule has 2 aromatic rings. The van der Waals surface area contributed by atoms with Crippen LogP contribution in [0.5, 0.6) is 5.75 Å². The van der Waals surface area contributed by atoms with Gasteiger partial charge in [-0.1, -0.05) is 40.2 Å². The summed E-state index contributed by atoms with van der Waals surface area (Å²) in [7, 11) is 1.66. The van der Waals surface area contributed by atoms with E-state index in [1.807, 2.05) is 36.4 Å². The van der Waals surface area contributed by atoms with E-state index in [0.717, 1.165) is 29.5 Å². The minimum atomic E-state index is 0.341. The molecule has 3 heteroatoms. The molecule has 0 N–H and O–H groups in total. The SMILES string of the molecule is COc1ccc(CCC(=O)CCCc2ccc(Br)cc2)cc1. The number of hydrogen-bond acceptors (Lipinski definition) is 2. The molecule has 0 radical (unpaired) electrons. The first-order chi connectivity index (χ1) is 10.7. The molecule has 116 valence electrons. The van der Waals surface area contributed by atoms with E-state index in [2.05, 4.69) is 28.1 Å². The van der Waals surface area contributed by atoms with E-state index in [-0.39, 0.29) is 0 Å². The molecule has 22 heavy (non-hydrogen) atoms. The van der Waals surface area contributed by atoms with Crippen molar-refractivity contribution >= 4 is 21.7 Å². The van der Waals surface area contributed by atoms with Gasteiger partial charge >= 0.3 is 0 Å². The topological polar surface area (TPSA) is 26.3 Å². The van der Waals surface area contributed by atoms with E-state index in [9.17, 15) is 4.79 Å². The van der Waals surface area contributed by atoms with Crippen LogP contribution in [0, 0.1) is 0 Å². The van der Waals surface area contributed by atoms with Crippen molar-refractivity contribution in [3.05, 3.63) is 64.1 Å². The summed E-state index contributed by atoms with van der Waals surface area (Å²) in [6, 6.07) is 16.2. The second kappa shape index (κ2) is 8.74. The van der Waals surface area contributed by atoms with Crippen LogP contribution in [0.2, 0.25) is 0 Å². The first kappa shape index (κ1) is 16.8. The fourth-order valence-corrected chi connectivity index (χ4v) is 2.61. The van der Waals surface area contributed by atoms with Crippen molar-refractivity contribution in [2.75, 3.05) is 7.11 Å². The number of hydrogen-bond donors (Lipinski definition) is 0. The van der Waals surface area contributed by atoms with E-state index in [4.69, 9.17) is 4.74 Å². The normalized spacial score (nSPS) is 10.5. The van der Waals surface area contributed by atoms with Gasteiger partial charge in [-0.2, -0.15) is 0 Å². The van der Waals surface area contributed by atoms with Gasteiger partial charge in [0.15, 0.2) is 0 Å². The molecular weight excluding hydrogens is 340 g/mol. The number of rotatable bonds is 8. The van der Waals surface area contributed by atoms with Crippen molar-refractivity contribution in [1.29, 1.82) is 0 Å². The predicted octanol–water partition coefficient (Wildman–Crippen LogP) is 4.98. The zero-order valence-electron chi connectivity index (χ0n) is 12.8. The first-order valence-corrected chi connectivity index (χ1v) is 8.36. The predicted molar refractivity (Wildman–Crippen MR) is 93.4 cm³/mol. The summed E-state index contributed by atoms with van der Waals surface area (Å²) in [5.74, 6) is 1.19. The second-order valence-electron chi connectivity index (χ2n) is 5.37. The molecule has 0 unspecified atom stereocenters. The molecule has 0 spiro atoms. The number of ketones is 1. The van der Waals surface area contributed by atoms with Crippen LogP contribution in [0.25, 0.3) is 0 Å². The summed E-state index contributed by atoms with van der Waals surface area (Å²) < 4.78 is 6.22. The number of aryl methyl sites for hydroxylation is 2.